The lowest BCUT2D eigenvalue weighted by Gasteiger charge is -2.32. The van der Waals surface area contributed by atoms with Crippen molar-refractivity contribution in [1.82, 2.24) is 10.2 Å². The zero-order valence-electron chi connectivity index (χ0n) is 22.1. The summed E-state index contributed by atoms with van der Waals surface area (Å²) in [6, 6.07) is 5.46. The van der Waals surface area contributed by atoms with Gasteiger partial charge in [-0.1, -0.05) is 52.0 Å². The number of thioether (sulfide) groups is 1. The summed E-state index contributed by atoms with van der Waals surface area (Å²) in [5, 5.41) is 3.96. The summed E-state index contributed by atoms with van der Waals surface area (Å²) in [6.07, 6.45) is 4.48. The second-order valence-electron chi connectivity index (χ2n) is 9.69. The Bertz CT molecular complexity index is 994. The van der Waals surface area contributed by atoms with Crippen molar-refractivity contribution in [2.24, 2.45) is 17.6 Å². The van der Waals surface area contributed by atoms with Gasteiger partial charge in [-0.3, -0.25) is 19.3 Å². The molecular formula is C26H41N3O5S2. The van der Waals surface area contributed by atoms with E-state index in [0.717, 1.165) is 10.3 Å². The third-order valence-corrected chi connectivity index (χ3v) is 7.54. The predicted octanol–water partition coefficient (Wildman–Crippen LogP) is 3.38. The molecule has 0 saturated carbocycles. The molecule has 0 fully saturated rings. The SMILES string of the molecule is CSCCC(C=CS(=O)(=O)c1ccccc1)NC(=O)[C@H](CC(C)C)N(C(C)=O)C(=O)[C@@H](N)CC(C)C. The first-order valence-electron chi connectivity index (χ1n) is 12.2. The second kappa shape index (κ2) is 15.2. The first-order valence-corrected chi connectivity index (χ1v) is 15.1. The first-order chi connectivity index (χ1) is 16.8. The Morgan fingerprint density at radius 1 is 1.06 bits per heavy atom. The Labute approximate surface area is 220 Å². The zero-order chi connectivity index (χ0) is 27.5. The van der Waals surface area contributed by atoms with Gasteiger partial charge in [-0.05, 0) is 55.2 Å². The molecule has 3 atom stereocenters. The van der Waals surface area contributed by atoms with Crippen LogP contribution in [0.15, 0.2) is 46.7 Å². The Hall–Kier alpha value is -2.17. The van der Waals surface area contributed by atoms with Crippen LogP contribution >= 0.6 is 11.8 Å². The molecular weight excluding hydrogens is 498 g/mol. The summed E-state index contributed by atoms with van der Waals surface area (Å²) in [5.74, 6) is -0.831. The maximum absolute atomic E-state index is 13.5. The van der Waals surface area contributed by atoms with Crippen LogP contribution in [-0.2, 0) is 24.2 Å². The topological polar surface area (TPSA) is 127 Å². The summed E-state index contributed by atoms with van der Waals surface area (Å²) >= 11 is 1.56. The van der Waals surface area contributed by atoms with Crippen molar-refractivity contribution in [1.29, 1.82) is 0 Å². The van der Waals surface area contributed by atoms with Crippen molar-refractivity contribution in [2.45, 2.75) is 76.9 Å². The smallest absolute Gasteiger partial charge is 0.246 e. The number of nitrogens with two attached hydrogens (primary N) is 1. The van der Waals surface area contributed by atoms with Crippen molar-refractivity contribution >= 4 is 39.3 Å². The Morgan fingerprint density at radius 2 is 1.64 bits per heavy atom. The molecule has 0 saturated heterocycles. The molecule has 1 aromatic carbocycles. The third kappa shape index (κ3) is 10.4. The number of carbonyl (C=O) groups excluding carboxylic acids is 3. The van der Waals surface area contributed by atoms with E-state index in [1.165, 1.54) is 25.1 Å². The number of hydrogen-bond acceptors (Lipinski definition) is 7. The van der Waals surface area contributed by atoms with E-state index in [9.17, 15) is 22.8 Å². The summed E-state index contributed by atoms with van der Waals surface area (Å²) in [5.41, 5.74) is 6.09. The fourth-order valence-electron chi connectivity index (χ4n) is 3.72. The molecule has 0 spiro atoms. The van der Waals surface area contributed by atoms with E-state index >= 15 is 0 Å². The molecule has 202 valence electrons. The normalized spacial score (nSPS) is 14.6. The molecule has 0 bridgehead atoms. The van der Waals surface area contributed by atoms with E-state index in [1.54, 1.807) is 30.0 Å². The van der Waals surface area contributed by atoms with Gasteiger partial charge >= 0.3 is 0 Å². The van der Waals surface area contributed by atoms with Gasteiger partial charge in [0.25, 0.3) is 0 Å². The van der Waals surface area contributed by atoms with Crippen molar-refractivity contribution in [3.63, 3.8) is 0 Å². The van der Waals surface area contributed by atoms with Crippen molar-refractivity contribution < 1.29 is 22.8 Å². The largest absolute Gasteiger partial charge is 0.348 e. The van der Waals surface area contributed by atoms with Crippen LogP contribution < -0.4 is 11.1 Å². The molecule has 1 aromatic rings. The van der Waals surface area contributed by atoms with Gasteiger partial charge in [-0.2, -0.15) is 11.8 Å². The molecule has 36 heavy (non-hydrogen) atoms. The predicted molar refractivity (Wildman–Crippen MR) is 146 cm³/mol. The van der Waals surface area contributed by atoms with E-state index in [4.69, 9.17) is 5.73 Å². The van der Waals surface area contributed by atoms with Gasteiger partial charge in [0.1, 0.15) is 6.04 Å². The van der Waals surface area contributed by atoms with Gasteiger partial charge in [0.05, 0.1) is 10.9 Å². The van der Waals surface area contributed by atoms with Crippen LogP contribution in [0.5, 0.6) is 0 Å². The fraction of sp³-hybridized carbons (Fsp3) is 0.577. The molecule has 3 amide bonds. The van der Waals surface area contributed by atoms with E-state index in [-0.39, 0.29) is 23.2 Å². The van der Waals surface area contributed by atoms with E-state index in [1.807, 2.05) is 34.0 Å². The maximum atomic E-state index is 13.5. The number of imide groups is 1. The minimum Gasteiger partial charge on any atom is -0.348 e. The van der Waals surface area contributed by atoms with Gasteiger partial charge < -0.3 is 11.1 Å². The van der Waals surface area contributed by atoms with Crippen LogP contribution in [0.3, 0.4) is 0 Å². The quantitative estimate of drug-likeness (QED) is 0.371. The Kier molecular flexibility index (Phi) is 13.4. The molecule has 1 rings (SSSR count). The van der Waals surface area contributed by atoms with E-state index < -0.39 is 45.7 Å². The van der Waals surface area contributed by atoms with Crippen LogP contribution in [0.2, 0.25) is 0 Å². The number of rotatable bonds is 14. The van der Waals surface area contributed by atoms with Crippen LogP contribution in [0.25, 0.3) is 0 Å². The fourth-order valence-corrected chi connectivity index (χ4v) is 5.30. The molecule has 10 heteroatoms. The summed E-state index contributed by atoms with van der Waals surface area (Å²) in [4.78, 5) is 40.2. The van der Waals surface area contributed by atoms with Crippen molar-refractivity contribution in [3.8, 4) is 0 Å². The zero-order valence-corrected chi connectivity index (χ0v) is 23.8. The number of hydrogen-bond donors (Lipinski definition) is 2. The summed E-state index contributed by atoms with van der Waals surface area (Å²) in [7, 11) is -3.70. The monoisotopic (exact) mass is 539 g/mol. The maximum Gasteiger partial charge on any atom is 0.246 e. The molecule has 3 N–H and O–H groups in total. The number of amides is 3. The molecule has 0 aliphatic carbocycles. The molecule has 0 radical (unpaired) electrons. The summed E-state index contributed by atoms with van der Waals surface area (Å²) in [6.45, 7) is 8.90. The second-order valence-corrected chi connectivity index (χ2v) is 12.5. The molecule has 0 aliphatic rings. The lowest BCUT2D eigenvalue weighted by molar-refractivity contribution is -0.152. The van der Waals surface area contributed by atoms with Gasteiger partial charge in [-0.15, -0.1) is 0 Å². The number of benzene rings is 1. The minimum absolute atomic E-state index is 0.00960. The molecule has 1 unspecified atom stereocenters. The van der Waals surface area contributed by atoms with Gasteiger partial charge in [0, 0.05) is 18.4 Å². The average molecular weight is 540 g/mol. The standard InChI is InChI=1S/C26H41N3O5S2/c1-18(2)16-23(27)26(32)29(20(5)30)24(17-19(3)4)25(31)28-21(12-14-35-6)13-15-36(33,34)22-10-8-7-9-11-22/h7-11,13,15,18-19,21,23-24H,12,14,16-17,27H2,1-6H3,(H,28,31)/t21?,23-,24-/m0/s1. The lowest BCUT2D eigenvalue weighted by Crippen LogP contribution is -2.57. The van der Waals surface area contributed by atoms with Gasteiger partial charge in [0.2, 0.25) is 17.7 Å². The van der Waals surface area contributed by atoms with Crippen molar-refractivity contribution in [3.05, 3.63) is 41.8 Å². The first kappa shape index (κ1) is 31.9. The highest BCUT2D eigenvalue weighted by Crippen LogP contribution is 2.18. The van der Waals surface area contributed by atoms with Crippen LogP contribution in [-0.4, -0.2) is 61.2 Å². The highest BCUT2D eigenvalue weighted by Gasteiger charge is 2.36. The Morgan fingerprint density at radius 3 is 2.14 bits per heavy atom. The highest BCUT2D eigenvalue weighted by atomic mass is 32.2. The molecule has 0 aliphatic heterocycles. The van der Waals surface area contributed by atoms with Crippen LogP contribution in [0, 0.1) is 11.8 Å². The number of nitrogens with zero attached hydrogens (tertiary/aromatic N) is 1. The molecule has 0 heterocycles. The number of nitrogens with one attached hydrogen (secondary N) is 1. The van der Waals surface area contributed by atoms with E-state index in [0.29, 0.717) is 18.6 Å². The highest BCUT2D eigenvalue weighted by molar-refractivity contribution is 7.98. The minimum atomic E-state index is -3.70. The molecule has 8 nitrogen and oxygen atoms in total. The number of carbonyl (C=O) groups is 3. The lowest BCUT2D eigenvalue weighted by atomic mass is 9.98. The summed E-state index contributed by atoms with van der Waals surface area (Å²) < 4.78 is 25.4. The van der Waals surface area contributed by atoms with Crippen molar-refractivity contribution in [2.75, 3.05) is 12.0 Å². The van der Waals surface area contributed by atoms with Gasteiger partial charge in [-0.25, -0.2) is 8.42 Å². The number of sulfone groups is 1. The van der Waals surface area contributed by atoms with E-state index in [2.05, 4.69) is 5.32 Å². The van der Waals surface area contributed by atoms with Crippen LogP contribution in [0.1, 0.15) is 53.9 Å². The van der Waals surface area contributed by atoms with Gasteiger partial charge in [0.15, 0.2) is 9.84 Å². The molecule has 0 aromatic heterocycles. The van der Waals surface area contributed by atoms with Crippen LogP contribution in [0.4, 0.5) is 0 Å². The Balaban J connectivity index is 3.25. The average Bonchev–Trinajstić information content (AvgIpc) is 2.79. The third-order valence-electron chi connectivity index (χ3n) is 5.45.